The summed E-state index contributed by atoms with van der Waals surface area (Å²) in [6.07, 6.45) is 0. The Bertz CT molecular complexity index is 984. The highest BCUT2D eigenvalue weighted by Gasteiger charge is 2.19. The van der Waals surface area contributed by atoms with Crippen molar-refractivity contribution in [3.8, 4) is 0 Å². The minimum absolute atomic E-state index is 0.0757. The van der Waals surface area contributed by atoms with E-state index in [2.05, 4.69) is 46.1 Å². The molecule has 1 aliphatic heterocycles. The average Bonchev–Trinajstić information content (AvgIpc) is 3.08. The molecule has 2 aromatic carbocycles. The monoisotopic (exact) mass is 391 g/mol. The van der Waals surface area contributed by atoms with Gasteiger partial charge in [-0.3, -0.25) is 9.69 Å². The van der Waals surface area contributed by atoms with Gasteiger partial charge in [0.25, 0.3) is 5.91 Å². The first kappa shape index (κ1) is 19.5. The molecule has 1 aliphatic rings. The summed E-state index contributed by atoms with van der Waals surface area (Å²) in [5.74, 6) is 0.771. The van der Waals surface area contributed by atoms with Crippen molar-refractivity contribution in [2.45, 2.75) is 26.4 Å². The van der Waals surface area contributed by atoms with Gasteiger partial charge in [-0.05, 0) is 50.2 Å². The van der Waals surface area contributed by atoms with Gasteiger partial charge in [-0.25, -0.2) is 4.98 Å². The molecule has 6 nitrogen and oxygen atoms in total. The second-order valence-corrected chi connectivity index (χ2v) is 7.92. The van der Waals surface area contributed by atoms with E-state index in [0.29, 0.717) is 18.2 Å². The molecule has 1 aromatic heterocycles. The molecule has 4 rings (SSSR count). The zero-order valence-electron chi connectivity index (χ0n) is 17.4. The number of rotatable bonds is 5. The number of nitrogens with one attached hydrogen (secondary N) is 1. The Morgan fingerprint density at radius 2 is 1.72 bits per heavy atom. The van der Waals surface area contributed by atoms with Crippen molar-refractivity contribution in [1.29, 1.82) is 0 Å². The van der Waals surface area contributed by atoms with E-state index < -0.39 is 0 Å². The van der Waals surface area contributed by atoms with Crippen LogP contribution in [-0.2, 0) is 13.6 Å². The van der Waals surface area contributed by atoms with Gasteiger partial charge in [0, 0.05) is 50.5 Å². The van der Waals surface area contributed by atoms with Gasteiger partial charge in [-0.15, -0.1) is 0 Å². The van der Waals surface area contributed by atoms with Gasteiger partial charge >= 0.3 is 0 Å². The molecule has 0 radical (unpaired) electrons. The second kappa shape index (κ2) is 8.25. The fourth-order valence-electron chi connectivity index (χ4n) is 3.94. The highest BCUT2D eigenvalue weighted by molar-refractivity contribution is 5.94. The molecule has 0 aliphatic carbocycles. The quantitative estimate of drug-likeness (QED) is 0.726. The van der Waals surface area contributed by atoms with Crippen molar-refractivity contribution in [2.75, 3.05) is 31.1 Å². The lowest BCUT2D eigenvalue weighted by molar-refractivity contribution is 0.0949. The molecule has 29 heavy (non-hydrogen) atoms. The van der Waals surface area contributed by atoms with Gasteiger partial charge in [-0.1, -0.05) is 12.1 Å². The van der Waals surface area contributed by atoms with Gasteiger partial charge in [0.1, 0.15) is 5.82 Å². The van der Waals surface area contributed by atoms with Crippen LogP contribution in [0.4, 0.5) is 5.69 Å². The number of fused-ring (bicyclic) bond motifs is 1. The Kier molecular flexibility index (Phi) is 5.53. The minimum Gasteiger partial charge on any atom is -0.369 e. The van der Waals surface area contributed by atoms with E-state index >= 15 is 0 Å². The molecule has 0 saturated carbocycles. The molecule has 1 N–H and O–H groups in total. The molecule has 1 saturated heterocycles. The van der Waals surface area contributed by atoms with Crippen LogP contribution in [0.1, 0.15) is 30.0 Å². The highest BCUT2D eigenvalue weighted by atomic mass is 16.1. The predicted molar refractivity (Wildman–Crippen MR) is 117 cm³/mol. The third-order valence-corrected chi connectivity index (χ3v) is 5.83. The largest absolute Gasteiger partial charge is 0.369 e. The van der Waals surface area contributed by atoms with Crippen molar-refractivity contribution in [1.82, 2.24) is 19.8 Å². The molecule has 0 spiro atoms. The van der Waals surface area contributed by atoms with Gasteiger partial charge < -0.3 is 14.8 Å². The number of hydrogen-bond donors (Lipinski definition) is 1. The summed E-state index contributed by atoms with van der Waals surface area (Å²) < 4.78 is 2.02. The van der Waals surface area contributed by atoms with Crippen molar-refractivity contribution in [2.24, 2.45) is 7.05 Å². The van der Waals surface area contributed by atoms with E-state index in [9.17, 15) is 4.79 Å². The van der Waals surface area contributed by atoms with Gasteiger partial charge in [0.05, 0.1) is 17.6 Å². The van der Waals surface area contributed by atoms with E-state index in [1.807, 2.05) is 48.0 Å². The van der Waals surface area contributed by atoms with E-state index in [1.54, 1.807) is 0 Å². The van der Waals surface area contributed by atoms with E-state index in [1.165, 1.54) is 5.69 Å². The fourth-order valence-corrected chi connectivity index (χ4v) is 3.94. The van der Waals surface area contributed by atoms with Crippen molar-refractivity contribution >= 4 is 22.6 Å². The molecular weight excluding hydrogens is 362 g/mol. The number of benzene rings is 2. The number of anilines is 1. The van der Waals surface area contributed by atoms with Crippen LogP contribution in [0.15, 0.2) is 48.5 Å². The number of aromatic nitrogens is 2. The van der Waals surface area contributed by atoms with Crippen LogP contribution in [0.2, 0.25) is 0 Å². The first-order valence-electron chi connectivity index (χ1n) is 10.3. The molecular formula is C23H29N5O. The number of nitrogens with zero attached hydrogens (tertiary/aromatic N) is 4. The highest BCUT2D eigenvalue weighted by Crippen LogP contribution is 2.19. The van der Waals surface area contributed by atoms with Gasteiger partial charge in [0.2, 0.25) is 0 Å². The Morgan fingerprint density at radius 1 is 1.03 bits per heavy atom. The second-order valence-electron chi connectivity index (χ2n) is 7.92. The standard InChI is InChI=1S/C23H29N5O/c1-17(2)27-12-14-28(15-13-27)19-10-8-18(9-11-19)23(29)24-16-22-25-20-6-4-5-7-21(20)26(22)3/h4-11,17H,12-16H2,1-3H3,(H,24,29). The molecule has 2 heterocycles. The van der Waals surface area contributed by atoms with Gasteiger partial charge in [0.15, 0.2) is 0 Å². The molecule has 6 heteroatoms. The van der Waals surface area contributed by atoms with Crippen molar-refractivity contribution in [3.05, 3.63) is 59.9 Å². The van der Waals surface area contributed by atoms with Crippen LogP contribution >= 0.6 is 0 Å². The lowest BCUT2D eigenvalue weighted by Crippen LogP contribution is -2.48. The maximum atomic E-state index is 12.6. The van der Waals surface area contributed by atoms with Crippen LogP contribution in [0, 0.1) is 0 Å². The van der Waals surface area contributed by atoms with E-state index in [0.717, 1.165) is 43.0 Å². The zero-order valence-corrected chi connectivity index (χ0v) is 17.4. The Morgan fingerprint density at radius 3 is 2.38 bits per heavy atom. The first-order chi connectivity index (χ1) is 14.0. The van der Waals surface area contributed by atoms with E-state index in [-0.39, 0.29) is 5.91 Å². The smallest absolute Gasteiger partial charge is 0.251 e. The third-order valence-electron chi connectivity index (χ3n) is 5.83. The number of amides is 1. The molecule has 0 atom stereocenters. The lowest BCUT2D eigenvalue weighted by Gasteiger charge is -2.38. The van der Waals surface area contributed by atoms with Crippen LogP contribution in [0.25, 0.3) is 11.0 Å². The summed E-state index contributed by atoms with van der Waals surface area (Å²) in [7, 11) is 1.98. The maximum absolute atomic E-state index is 12.6. The van der Waals surface area contributed by atoms with Crippen molar-refractivity contribution in [3.63, 3.8) is 0 Å². The number of carbonyl (C=O) groups excluding carboxylic acids is 1. The predicted octanol–water partition coefficient (Wildman–Crippen LogP) is 3.03. The van der Waals surface area contributed by atoms with Crippen LogP contribution in [0.3, 0.4) is 0 Å². The van der Waals surface area contributed by atoms with E-state index in [4.69, 9.17) is 0 Å². The normalized spacial score (nSPS) is 15.2. The summed E-state index contributed by atoms with van der Waals surface area (Å²) in [4.78, 5) is 22.1. The van der Waals surface area contributed by atoms with Crippen LogP contribution in [-0.4, -0.2) is 52.6 Å². The number of para-hydroxylation sites is 2. The van der Waals surface area contributed by atoms with Crippen LogP contribution in [0.5, 0.6) is 0 Å². The summed E-state index contributed by atoms with van der Waals surface area (Å²) >= 11 is 0. The summed E-state index contributed by atoms with van der Waals surface area (Å²) in [5.41, 5.74) is 3.87. The number of piperazine rings is 1. The number of aryl methyl sites for hydroxylation is 1. The maximum Gasteiger partial charge on any atom is 0.251 e. The molecule has 0 unspecified atom stereocenters. The topological polar surface area (TPSA) is 53.4 Å². The SMILES string of the molecule is CC(C)N1CCN(c2ccc(C(=O)NCc3nc4ccccc4n3C)cc2)CC1. The zero-order chi connectivity index (χ0) is 20.4. The Balaban J connectivity index is 1.36. The third kappa shape index (κ3) is 4.12. The average molecular weight is 392 g/mol. The minimum atomic E-state index is -0.0757. The van der Waals surface area contributed by atoms with Gasteiger partial charge in [-0.2, -0.15) is 0 Å². The molecule has 1 amide bonds. The van der Waals surface area contributed by atoms with Crippen LogP contribution < -0.4 is 10.2 Å². The molecule has 1 fully saturated rings. The summed E-state index contributed by atoms with van der Waals surface area (Å²) in [5, 5.41) is 2.99. The Hall–Kier alpha value is -2.86. The molecule has 3 aromatic rings. The summed E-state index contributed by atoms with van der Waals surface area (Å²) in [6.45, 7) is 9.11. The fraction of sp³-hybridized carbons (Fsp3) is 0.391. The molecule has 152 valence electrons. The number of hydrogen-bond acceptors (Lipinski definition) is 4. The first-order valence-corrected chi connectivity index (χ1v) is 10.3. The molecule has 0 bridgehead atoms. The Labute approximate surface area is 172 Å². The lowest BCUT2D eigenvalue weighted by atomic mass is 10.1. The van der Waals surface area contributed by atoms with Crippen molar-refractivity contribution < 1.29 is 4.79 Å². The number of imidazole rings is 1. The summed E-state index contributed by atoms with van der Waals surface area (Å²) in [6, 6.07) is 16.5. The number of carbonyl (C=O) groups is 1.